The third-order valence-corrected chi connectivity index (χ3v) is 3.69. The van der Waals surface area contributed by atoms with Gasteiger partial charge in [0.25, 0.3) is 0 Å². The van der Waals surface area contributed by atoms with E-state index in [0.29, 0.717) is 6.04 Å². The van der Waals surface area contributed by atoms with Gasteiger partial charge in [-0.3, -0.25) is 0 Å². The molecule has 0 saturated carbocycles. The van der Waals surface area contributed by atoms with E-state index >= 15 is 0 Å². The molecule has 0 aromatic carbocycles. The Balaban J connectivity index is 1.75. The number of nitrogens with one attached hydrogen (secondary N) is 1. The van der Waals surface area contributed by atoms with E-state index in [1.807, 2.05) is 13.2 Å². The molecule has 1 aliphatic heterocycles. The highest BCUT2D eigenvalue weighted by Crippen LogP contribution is 2.11. The highest BCUT2D eigenvalue weighted by Gasteiger charge is 2.12. The van der Waals surface area contributed by atoms with E-state index in [0.717, 1.165) is 31.0 Å². The Morgan fingerprint density at radius 2 is 2.17 bits per heavy atom. The number of aromatic nitrogens is 1. The van der Waals surface area contributed by atoms with E-state index in [4.69, 9.17) is 4.42 Å². The average Bonchev–Trinajstić information content (AvgIpc) is 2.85. The molecule has 4 heteroatoms. The topological polar surface area (TPSA) is 41.3 Å². The first-order valence-electron chi connectivity index (χ1n) is 7.11. The maximum Gasteiger partial charge on any atom is 0.195 e. The van der Waals surface area contributed by atoms with Crippen molar-refractivity contribution in [2.75, 3.05) is 26.7 Å². The molecule has 2 rings (SSSR count). The number of nitrogens with zero attached hydrogens (tertiary/aromatic N) is 2. The Labute approximate surface area is 110 Å². The summed E-state index contributed by atoms with van der Waals surface area (Å²) in [7, 11) is 1.97. The van der Waals surface area contributed by atoms with Gasteiger partial charge >= 0.3 is 0 Å². The maximum absolute atomic E-state index is 5.77. The zero-order valence-corrected chi connectivity index (χ0v) is 11.6. The fourth-order valence-corrected chi connectivity index (χ4v) is 2.40. The van der Waals surface area contributed by atoms with Gasteiger partial charge in [0.1, 0.15) is 5.76 Å². The molecule has 1 aromatic heterocycles. The van der Waals surface area contributed by atoms with Crippen LogP contribution in [0.2, 0.25) is 0 Å². The minimum Gasteiger partial charge on any atom is -0.446 e. The van der Waals surface area contributed by atoms with E-state index in [-0.39, 0.29) is 0 Å². The average molecular weight is 251 g/mol. The number of likely N-dealkylation sites (tertiary alicyclic amines) is 1. The van der Waals surface area contributed by atoms with Gasteiger partial charge in [0.05, 0.1) is 6.20 Å². The van der Waals surface area contributed by atoms with Crippen LogP contribution in [0.15, 0.2) is 10.6 Å². The standard InChI is InChI=1S/C14H25N3O/c1-12(15-2)10-13-11-16-14(18-13)6-9-17-7-4-3-5-8-17/h11-12,15H,3-10H2,1-2H3. The van der Waals surface area contributed by atoms with Crippen LogP contribution in [0.5, 0.6) is 0 Å². The van der Waals surface area contributed by atoms with Gasteiger partial charge in [0.15, 0.2) is 5.89 Å². The van der Waals surface area contributed by atoms with E-state index in [1.54, 1.807) is 0 Å². The van der Waals surface area contributed by atoms with Crippen LogP contribution in [0.1, 0.15) is 37.8 Å². The van der Waals surface area contributed by atoms with Crippen LogP contribution in [-0.4, -0.2) is 42.6 Å². The van der Waals surface area contributed by atoms with Crippen LogP contribution in [0.25, 0.3) is 0 Å². The third-order valence-electron chi connectivity index (χ3n) is 3.69. The fourth-order valence-electron chi connectivity index (χ4n) is 2.40. The Hall–Kier alpha value is -0.870. The Morgan fingerprint density at radius 1 is 1.39 bits per heavy atom. The second-order valence-electron chi connectivity index (χ2n) is 5.27. The van der Waals surface area contributed by atoms with Crippen molar-refractivity contribution in [3.05, 3.63) is 17.8 Å². The summed E-state index contributed by atoms with van der Waals surface area (Å²) in [6.45, 7) is 5.71. The Kier molecular flexibility index (Phi) is 5.20. The molecule has 1 saturated heterocycles. The first-order chi connectivity index (χ1) is 8.78. The van der Waals surface area contributed by atoms with Gasteiger partial charge in [-0.2, -0.15) is 0 Å². The van der Waals surface area contributed by atoms with Crippen LogP contribution in [-0.2, 0) is 12.8 Å². The predicted octanol–water partition coefficient (Wildman–Crippen LogP) is 1.85. The van der Waals surface area contributed by atoms with Crippen molar-refractivity contribution in [1.82, 2.24) is 15.2 Å². The summed E-state index contributed by atoms with van der Waals surface area (Å²) < 4.78 is 5.77. The van der Waals surface area contributed by atoms with E-state index in [9.17, 15) is 0 Å². The lowest BCUT2D eigenvalue weighted by atomic mass is 10.1. The molecule has 1 fully saturated rings. The van der Waals surface area contributed by atoms with Gasteiger partial charge in [-0.05, 0) is 39.9 Å². The van der Waals surface area contributed by atoms with Crippen molar-refractivity contribution in [2.24, 2.45) is 0 Å². The number of hydrogen-bond acceptors (Lipinski definition) is 4. The summed E-state index contributed by atoms with van der Waals surface area (Å²) in [5.41, 5.74) is 0. The molecule has 1 unspecified atom stereocenters. The monoisotopic (exact) mass is 251 g/mol. The molecular weight excluding hydrogens is 226 g/mol. The number of oxazole rings is 1. The van der Waals surface area contributed by atoms with Crippen LogP contribution in [0.3, 0.4) is 0 Å². The van der Waals surface area contributed by atoms with Crippen LogP contribution < -0.4 is 5.32 Å². The minimum atomic E-state index is 0.438. The van der Waals surface area contributed by atoms with Crippen molar-refractivity contribution in [1.29, 1.82) is 0 Å². The van der Waals surface area contributed by atoms with Crippen molar-refractivity contribution < 1.29 is 4.42 Å². The lowest BCUT2D eigenvalue weighted by Crippen LogP contribution is -2.31. The lowest BCUT2D eigenvalue weighted by Gasteiger charge is -2.25. The summed E-state index contributed by atoms with van der Waals surface area (Å²) >= 11 is 0. The van der Waals surface area contributed by atoms with Gasteiger partial charge in [0.2, 0.25) is 0 Å². The quantitative estimate of drug-likeness (QED) is 0.838. The molecule has 102 valence electrons. The molecule has 1 atom stereocenters. The molecule has 1 N–H and O–H groups in total. The van der Waals surface area contributed by atoms with E-state index in [2.05, 4.69) is 22.1 Å². The first-order valence-corrected chi connectivity index (χ1v) is 7.11. The van der Waals surface area contributed by atoms with Gasteiger partial charge in [0, 0.05) is 25.4 Å². The summed E-state index contributed by atoms with van der Waals surface area (Å²) in [4.78, 5) is 6.88. The van der Waals surface area contributed by atoms with Crippen LogP contribution in [0.4, 0.5) is 0 Å². The molecular formula is C14H25N3O. The van der Waals surface area contributed by atoms with Gasteiger partial charge < -0.3 is 14.6 Å². The smallest absolute Gasteiger partial charge is 0.195 e. The molecule has 4 nitrogen and oxygen atoms in total. The molecule has 0 bridgehead atoms. The van der Waals surface area contributed by atoms with Crippen molar-refractivity contribution in [3.8, 4) is 0 Å². The summed E-state index contributed by atoms with van der Waals surface area (Å²) in [6, 6.07) is 0.438. The summed E-state index contributed by atoms with van der Waals surface area (Å²) in [5, 5.41) is 3.21. The number of rotatable bonds is 6. The molecule has 0 aliphatic carbocycles. The number of hydrogen-bond donors (Lipinski definition) is 1. The van der Waals surface area contributed by atoms with Crippen molar-refractivity contribution in [2.45, 2.75) is 45.1 Å². The van der Waals surface area contributed by atoms with E-state index < -0.39 is 0 Å². The molecule has 18 heavy (non-hydrogen) atoms. The zero-order chi connectivity index (χ0) is 12.8. The fraction of sp³-hybridized carbons (Fsp3) is 0.786. The third kappa shape index (κ3) is 4.10. The molecule has 0 radical (unpaired) electrons. The second-order valence-corrected chi connectivity index (χ2v) is 5.27. The van der Waals surface area contributed by atoms with Crippen LogP contribution >= 0.6 is 0 Å². The molecule has 1 aromatic rings. The van der Waals surface area contributed by atoms with E-state index in [1.165, 1.54) is 32.4 Å². The Morgan fingerprint density at radius 3 is 2.89 bits per heavy atom. The maximum atomic E-state index is 5.77. The van der Waals surface area contributed by atoms with Gasteiger partial charge in [-0.1, -0.05) is 6.42 Å². The SMILES string of the molecule is CNC(C)Cc1cnc(CCN2CCCCC2)o1. The molecule has 0 amide bonds. The van der Waals surface area contributed by atoms with Crippen LogP contribution in [0, 0.1) is 0 Å². The molecule has 0 spiro atoms. The van der Waals surface area contributed by atoms with Gasteiger partial charge in [-0.15, -0.1) is 0 Å². The first kappa shape index (κ1) is 13.6. The highest BCUT2D eigenvalue weighted by atomic mass is 16.4. The van der Waals surface area contributed by atoms with Crippen molar-refractivity contribution >= 4 is 0 Å². The summed E-state index contributed by atoms with van der Waals surface area (Å²) in [6.07, 6.45) is 7.80. The highest BCUT2D eigenvalue weighted by molar-refractivity contribution is 4.97. The Bertz CT molecular complexity index is 345. The zero-order valence-electron chi connectivity index (χ0n) is 11.6. The largest absolute Gasteiger partial charge is 0.446 e. The van der Waals surface area contributed by atoms with Crippen molar-refractivity contribution in [3.63, 3.8) is 0 Å². The number of likely N-dealkylation sites (N-methyl/N-ethyl adjacent to an activating group) is 1. The summed E-state index contributed by atoms with van der Waals surface area (Å²) in [5.74, 6) is 1.88. The lowest BCUT2D eigenvalue weighted by molar-refractivity contribution is 0.225. The molecule has 2 heterocycles. The van der Waals surface area contributed by atoms with Gasteiger partial charge in [-0.25, -0.2) is 4.98 Å². The minimum absolute atomic E-state index is 0.438. The normalized spacial score (nSPS) is 19.0. The predicted molar refractivity (Wildman–Crippen MR) is 72.7 cm³/mol. The number of piperidine rings is 1. The molecule has 1 aliphatic rings. The second kappa shape index (κ2) is 6.90.